The lowest BCUT2D eigenvalue weighted by atomic mass is 10.1. The molecule has 0 aliphatic heterocycles. The second-order valence-corrected chi connectivity index (χ2v) is 7.05. The number of nitrogens with one attached hydrogen (secondary N) is 1. The van der Waals surface area contributed by atoms with Gasteiger partial charge in [-0.15, -0.1) is 0 Å². The van der Waals surface area contributed by atoms with Crippen molar-refractivity contribution >= 4 is 16.6 Å². The summed E-state index contributed by atoms with van der Waals surface area (Å²) in [5.41, 5.74) is 4.67. The largest absolute Gasteiger partial charge is 0.379 e. The molecule has 0 atom stereocenters. The van der Waals surface area contributed by atoms with E-state index in [9.17, 15) is 9.65 Å². The first-order chi connectivity index (χ1) is 14.0. The Morgan fingerprint density at radius 2 is 1.97 bits per heavy atom. The van der Waals surface area contributed by atoms with Gasteiger partial charge in [-0.2, -0.15) is 5.26 Å². The molecule has 29 heavy (non-hydrogen) atoms. The minimum Gasteiger partial charge on any atom is -0.379 e. The SMILES string of the molecule is Cc1cc(F)cc2c(NCc3cccc(Cn4ccnc4C)c3)c(C#N)cnc12. The third-order valence-corrected chi connectivity index (χ3v) is 4.98. The number of anilines is 1. The molecule has 2 aromatic heterocycles. The van der Waals surface area contributed by atoms with Crippen molar-refractivity contribution in [1.82, 2.24) is 14.5 Å². The van der Waals surface area contributed by atoms with Crippen molar-refractivity contribution < 1.29 is 4.39 Å². The predicted octanol–water partition coefficient (Wildman–Crippen LogP) is 4.72. The monoisotopic (exact) mass is 385 g/mol. The molecule has 144 valence electrons. The third-order valence-electron chi connectivity index (χ3n) is 4.98. The molecular formula is C23H20FN5. The van der Waals surface area contributed by atoms with E-state index in [0.29, 0.717) is 28.7 Å². The Balaban J connectivity index is 1.62. The molecule has 4 aromatic rings. The van der Waals surface area contributed by atoms with Crippen molar-refractivity contribution in [2.75, 3.05) is 5.32 Å². The second kappa shape index (κ2) is 7.72. The Morgan fingerprint density at radius 3 is 2.72 bits per heavy atom. The van der Waals surface area contributed by atoms with Crippen molar-refractivity contribution in [1.29, 1.82) is 5.26 Å². The Bertz CT molecular complexity index is 1240. The standard InChI is InChI=1S/C23H20FN5/c1-15-8-20(24)10-21-22(15)28-13-19(11-25)23(21)27-12-17-4-3-5-18(9-17)14-29-7-6-26-16(29)2/h3-10,13H,12,14H2,1-2H3,(H,27,28). The van der Waals surface area contributed by atoms with Gasteiger partial charge in [0.05, 0.1) is 16.8 Å². The quantitative estimate of drug-likeness (QED) is 0.540. The molecule has 6 heteroatoms. The lowest BCUT2D eigenvalue weighted by Crippen LogP contribution is -2.05. The van der Waals surface area contributed by atoms with E-state index < -0.39 is 0 Å². The highest BCUT2D eigenvalue weighted by molar-refractivity contribution is 5.95. The van der Waals surface area contributed by atoms with E-state index in [-0.39, 0.29) is 5.82 Å². The number of benzene rings is 2. The van der Waals surface area contributed by atoms with Gasteiger partial charge < -0.3 is 9.88 Å². The van der Waals surface area contributed by atoms with Crippen molar-refractivity contribution in [3.8, 4) is 6.07 Å². The van der Waals surface area contributed by atoms with Crippen LogP contribution in [-0.2, 0) is 13.1 Å². The van der Waals surface area contributed by atoms with Crippen LogP contribution in [0.1, 0.15) is 28.1 Å². The fourth-order valence-corrected chi connectivity index (χ4v) is 3.51. The van der Waals surface area contributed by atoms with Gasteiger partial charge in [-0.05, 0) is 42.7 Å². The van der Waals surface area contributed by atoms with Crippen LogP contribution >= 0.6 is 0 Å². The lowest BCUT2D eigenvalue weighted by Gasteiger charge is -2.13. The molecule has 0 radical (unpaired) electrons. The summed E-state index contributed by atoms with van der Waals surface area (Å²) >= 11 is 0. The summed E-state index contributed by atoms with van der Waals surface area (Å²) in [6.45, 7) is 5.05. The molecule has 0 fully saturated rings. The highest BCUT2D eigenvalue weighted by atomic mass is 19.1. The molecule has 0 bridgehead atoms. The zero-order chi connectivity index (χ0) is 20.4. The van der Waals surface area contributed by atoms with Gasteiger partial charge in [-0.25, -0.2) is 9.37 Å². The fraction of sp³-hybridized carbons (Fsp3) is 0.174. The van der Waals surface area contributed by atoms with Crippen LogP contribution in [0.15, 0.2) is 55.0 Å². The van der Waals surface area contributed by atoms with Crippen molar-refractivity contribution in [2.45, 2.75) is 26.9 Å². The normalized spacial score (nSPS) is 10.8. The van der Waals surface area contributed by atoms with Crippen LogP contribution in [0.4, 0.5) is 10.1 Å². The van der Waals surface area contributed by atoms with Gasteiger partial charge in [0.15, 0.2) is 0 Å². The minimum atomic E-state index is -0.340. The van der Waals surface area contributed by atoms with Crippen LogP contribution in [0.25, 0.3) is 10.9 Å². The zero-order valence-electron chi connectivity index (χ0n) is 16.3. The smallest absolute Gasteiger partial charge is 0.124 e. The first-order valence-electron chi connectivity index (χ1n) is 9.33. The maximum Gasteiger partial charge on any atom is 0.124 e. The molecule has 0 saturated heterocycles. The van der Waals surface area contributed by atoms with Crippen LogP contribution in [0.5, 0.6) is 0 Å². The molecule has 0 aliphatic carbocycles. The number of aryl methyl sites for hydroxylation is 2. The number of hydrogen-bond acceptors (Lipinski definition) is 4. The first kappa shape index (κ1) is 18.6. The summed E-state index contributed by atoms with van der Waals surface area (Å²) in [4.78, 5) is 8.59. The van der Waals surface area contributed by atoms with Gasteiger partial charge >= 0.3 is 0 Å². The summed E-state index contributed by atoms with van der Waals surface area (Å²) in [7, 11) is 0. The maximum atomic E-state index is 14.0. The maximum absolute atomic E-state index is 14.0. The Hall–Kier alpha value is -3.72. The molecule has 0 amide bonds. The molecule has 4 rings (SSSR count). The van der Waals surface area contributed by atoms with E-state index in [4.69, 9.17) is 0 Å². The fourth-order valence-electron chi connectivity index (χ4n) is 3.51. The molecule has 0 unspecified atom stereocenters. The van der Waals surface area contributed by atoms with Crippen molar-refractivity contribution in [3.63, 3.8) is 0 Å². The lowest BCUT2D eigenvalue weighted by molar-refractivity contribution is 0.628. The summed E-state index contributed by atoms with van der Waals surface area (Å²) < 4.78 is 16.1. The number of halogens is 1. The molecule has 1 N–H and O–H groups in total. The number of fused-ring (bicyclic) bond motifs is 1. The number of aromatic nitrogens is 3. The van der Waals surface area contributed by atoms with Gasteiger partial charge in [-0.3, -0.25) is 4.98 Å². The Kier molecular flexibility index (Phi) is 4.96. The number of nitrogens with zero attached hydrogens (tertiary/aromatic N) is 4. The van der Waals surface area contributed by atoms with E-state index >= 15 is 0 Å². The van der Waals surface area contributed by atoms with E-state index in [0.717, 1.165) is 29.1 Å². The number of nitriles is 1. The molecule has 0 aliphatic rings. The summed E-state index contributed by atoms with van der Waals surface area (Å²) in [6.07, 6.45) is 5.28. The Labute approximate surface area is 168 Å². The van der Waals surface area contributed by atoms with Crippen LogP contribution < -0.4 is 5.32 Å². The number of hydrogen-bond donors (Lipinski definition) is 1. The van der Waals surface area contributed by atoms with Gasteiger partial charge in [-0.1, -0.05) is 24.3 Å². The van der Waals surface area contributed by atoms with Crippen LogP contribution in [0, 0.1) is 31.0 Å². The number of imidazole rings is 1. The third kappa shape index (κ3) is 3.81. The van der Waals surface area contributed by atoms with E-state index in [1.807, 2.05) is 32.2 Å². The first-order valence-corrected chi connectivity index (χ1v) is 9.33. The van der Waals surface area contributed by atoms with E-state index in [1.54, 1.807) is 6.20 Å². The average Bonchev–Trinajstić information content (AvgIpc) is 3.10. The zero-order valence-corrected chi connectivity index (χ0v) is 16.3. The summed E-state index contributed by atoms with van der Waals surface area (Å²) in [5.74, 6) is 0.625. The highest BCUT2D eigenvalue weighted by Gasteiger charge is 2.12. The van der Waals surface area contributed by atoms with Gasteiger partial charge in [0.2, 0.25) is 0 Å². The van der Waals surface area contributed by atoms with Gasteiger partial charge in [0.25, 0.3) is 0 Å². The average molecular weight is 385 g/mol. The summed E-state index contributed by atoms with van der Waals surface area (Å²) in [5, 5.41) is 13.4. The summed E-state index contributed by atoms with van der Waals surface area (Å²) in [6, 6.07) is 13.3. The number of pyridine rings is 1. The molecule has 0 saturated carbocycles. The van der Waals surface area contributed by atoms with Crippen LogP contribution in [-0.4, -0.2) is 14.5 Å². The minimum absolute atomic E-state index is 0.340. The molecular weight excluding hydrogens is 365 g/mol. The van der Waals surface area contributed by atoms with Crippen LogP contribution in [0.3, 0.4) is 0 Å². The Morgan fingerprint density at radius 1 is 1.14 bits per heavy atom. The van der Waals surface area contributed by atoms with Crippen LogP contribution in [0.2, 0.25) is 0 Å². The predicted molar refractivity (Wildman–Crippen MR) is 111 cm³/mol. The van der Waals surface area contributed by atoms with Gasteiger partial charge in [0, 0.05) is 37.1 Å². The van der Waals surface area contributed by atoms with E-state index in [2.05, 4.69) is 38.1 Å². The highest BCUT2D eigenvalue weighted by Crippen LogP contribution is 2.29. The molecule has 5 nitrogen and oxygen atoms in total. The number of rotatable bonds is 5. The van der Waals surface area contributed by atoms with Crippen molar-refractivity contribution in [3.05, 3.63) is 88.9 Å². The topological polar surface area (TPSA) is 66.5 Å². The van der Waals surface area contributed by atoms with Gasteiger partial charge in [0.1, 0.15) is 17.7 Å². The molecule has 2 aromatic carbocycles. The molecule has 0 spiro atoms. The second-order valence-electron chi connectivity index (χ2n) is 7.05. The molecule has 2 heterocycles. The van der Waals surface area contributed by atoms with E-state index in [1.165, 1.54) is 18.3 Å². The van der Waals surface area contributed by atoms with Crippen molar-refractivity contribution in [2.24, 2.45) is 0 Å².